The van der Waals surface area contributed by atoms with Gasteiger partial charge in [0.15, 0.2) is 5.76 Å². The summed E-state index contributed by atoms with van der Waals surface area (Å²) in [5, 5.41) is 10.3. The molecule has 1 N–H and O–H groups in total. The number of amides is 1. The Bertz CT molecular complexity index is 720. The summed E-state index contributed by atoms with van der Waals surface area (Å²) in [5.74, 6) is 1.31. The minimum Gasteiger partial charge on any atom is -0.426 e. The number of ether oxygens (including phenoxy) is 1. The van der Waals surface area contributed by atoms with Crippen LogP contribution in [0.1, 0.15) is 36.2 Å². The molecule has 1 aliphatic carbocycles. The van der Waals surface area contributed by atoms with Crippen LogP contribution in [0, 0.1) is 5.92 Å². The second kappa shape index (κ2) is 5.98. The molecule has 4 rings (SSSR count). The number of carbonyl (C=O) groups excluding carboxylic acids is 1. The van der Waals surface area contributed by atoms with Crippen LogP contribution in [-0.4, -0.2) is 34.6 Å². The largest absolute Gasteiger partial charge is 0.426 e. The lowest BCUT2D eigenvalue weighted by atomic mass is 9.90. The molecule has 2 aliphatic rings. The van der Waals surface area contributed by atoms with Gasteiger partial charge < -0.3 is 19.2 Å². The zero-order valence-corrected chi connectivity index (χ0v) is 13.5. The Labute approximate surface area is 140 Å². The SMILES string of the molecule is O=C(c1ccc(Oc2ccccc2)o1)N1CCCC(C2(O)CC2)C1. The minimum absolute atomic E-state index is 0.133. The molecule has 5 nitrogen and oxygen atoms in total. The van der Waals surface area contributed by atoms with Crippen molar-refractivity contribution in [2.24, 2.45) is 5.92 Å². The highest BCUT2D eigenvalue weighted by Crippen LogP contribution is 2.45. The average molecular weight is 327 g/mol. The van der Waals surface area contributed by atoms with Crippen LogP contribution < -0.4 is 4.74 Å². The van der Waals surface area contributed by atoms with E-state index in [9.17, 15) is 9.90 Å². The Morgan fingerprint density at radius 1 is 1.21 bits per heavy atom. The van der Waals surface area contributed by atoms with Crippen molar-refractivity contribution in [1.82, 2.24) is 4.90 Å². The fourth-order valence-electron chi connectivity index (χ4n) is 3.39. The van der Waals surface area contributed by atoms with E-state index in [2.05, 4.69) is 0 Å². The van der Waals surface area contributed by atoms with Crippen LogP contribution >= 0.6 is 0 Å². The molecule has 1 aromatic carbocycles. The van der Waals surface area contributed by atoms with Gasteiger partial charge in [0.05, 0.1) is 5.60 Å². The van der Waals surface area contributed by atoms with Crippen LogP contribution in [0.2, 0.25) is 0 Å². The second-order valence-corrected chi connectivity index (χ2v) is 6.73. The van der Waals surface area contributed by atoms with Crippen molar-refractivity contribution in [3.8, 4) is 11.7 Å². The minimum atomic E-state index is -0.538. The van der Waals surface area contributed by atoms with E-state index in [-0.39, 0.29) is 17.6 Å². The van der Waals surface area contributed by atoms with E-state index in [0.717, 1.165) is 25.7 Å². The third-order valence-corrected chi connectivity index (χ3v) is 4.98. The summed E-state index contributed by atoms with van der Waals surface area (Å²) in [6.45, 7) is 1.31. The molecule has 5 heteroatoms. The Balaban J connectivity index is 1.43. The molecule has 0 spiro atoms. The van der Waals surface area contributed by atoms with E-state index in [1.54, 1.807) is 17.0 Å². The average Bonchev–Trinajstić information content (AvgIpc) is 3.21. The number of rotatable bonds is 4. The van der Waals surface area contributed by atoms with E-state index in [1.165, 1.54) is 0 Å². The van der Waals surface area contributed by atoms with Crippen LogP contribution in [0.3, 0.4) is 0 Å². The van der Waals surface area contributed by atoms with Gasteiger partial charge in [0.2, 0.25) is 0 Å². The molecular formula is C19H21NO4. The molecule has 0 bridgehead atoms. The number of hydrogen-bond donors (Lipinski definition) is 1. The number of nitrogens with zero attached hydrogens (tertiary/aromatic N) is 1. The zero-order chi connectivity index (χ0) is 16.6. The van der Waals surface area contributed by atoms with Gasteiger partial charge >= 0.3 is 0 Å². The number of furan rings is 1. The normalized spacial score (nSPS) is 22.2. The van der Waals surface area contributed by atoms with Crippen molar-refractivity contribution < 1.29 is 19.1 Å². The molecule has 24 heavy (non-hydrogen) atoms. The van der Waals surface area contributed by atoms with Crippen molar-refractivity contribution in [1.29, 1.82) is 0 Å². The van der Waals surface area contributed by atoms with Gasteiger partial charge in [0, 0.05) is 25.1 Å². The molecule has 2 fully saturated rings. The number of carbonyl (C=O) groups is 1. The predicted molar refractivity (Wildman–Crippen MR) is 88.0 cm³/mol. The van der Waals surface area contributed by atoms with Gasteiger partial charge in [-0.1, -0.05) is 18.2 Å². The maximum Gasteiger partial charge on any atom is 0.290 e. The highest BCUT2D eigenvalue weighted by Gasteiger charge is 2.49. The van der Waals surface area contributed by atoms with Crippen LogP contribution in [0.25, 0.3) is 0 Å². The molecule has 1 atom stereocenters. The molecule has 1 saturated heterocycles. The Hall–Kier alpha value is -2.27. The topological polar surface area (TPSA) is 62.9 Å². The maximum atomic E-state index is 12.7. The summed E-state index contributed by atoms with van der Waals surface area (Å²) in [6, 6.07) is 12.6. The lowest BCUT2D eigenvalue weighted by molar-refractivity contribution is 0.0265. The van der Waals surface area contributed by atoms with E-state index >= 15 is 0 Å². The molecule has 2 heterocycles. The summed E-state index contributed by atoms with van der Waals surface area (Å²) in [4.78, 5) is 14.4. The van der Waals surface area contributed by atoms with Gasteiger partial charge in [-0.2, -0.15) is 0 Å². The number of piperidine rings is 1. The lowest BCUT2D eigenvalue weighted by Crippen LogP contribution is -2.44. The summed E-state index contributed by atoms with van der Waals surface area (Å²) in [6.07, 6.45) is 3.62. The summed E-state index contributed by atoms with van der Waals surface area (Å²) < 4.78 is 11.2. The number of likely N-dealkylation sites (tertiary alicyclic amines) is 1. The third kappa shape index (κ3) is 3.04. The van der Waals surface area contributed by atoms with E-state index in [0.29, 0.717) is 24.8 Å². The van der Waals surface area contributed by atoms with Gasteiger partial charge in [-0.3, -0.25) is 4.79 Å². The first-order chi connectivity index (χ1) is 11.6. The van der Waals surface area contributed by atoms with Gasteiger partial charge in [-0.15, -0.1) is 0 Å². The molecule has 0 radical (unpaired) electrons. The zero-order valence-electron chi connectivity index (χ0n) is 13.5. The lowest BCUT2D eigenvalue weighted by Gasteiger charge is -2.34. The fraction of sp³-hybridized carbons (Fsp3) is 0.421. The van der Waals surface area contributed by atoms with Crippen LogP contribution in [0.5, 0.6) is 11.7 Å². The van der Waals surface area contributed by atoms with Crippen LogP contribution in [0.4, 0.5) is 0 Å². The highest BCUT2D eigenvalue weighted by atomic mass is 16.6. The number of benzene rings is 1. The standard InChI is InChI=1S/C19H21NO4/c21-18(20-12-4-5-14(13-20)19(22)10-11-19)16-8-9-17(24-16)23-15-6-2-1-3-7-15/h1-3,6-9,14,22H,4-5,10-13H2. The molecule has 1 aliphatic heterocycles. The quantitative estimate of drug-likeness (QED) is 0.934. The molecule has 1 aromatic heterocycles. The summed E-state index contributed by atoms with van der Waals surface area (Å²) in [5.41, 5.74) is -0.538. The number of aliphatic hydroxyl groups is 1. The van der Waals surface area contributed by atoms with Gasteiger partial charge in [0.1, 0.15) is 5.75 Å². The smallest absolute Gasteiger partial charge is 0.290 e. The van der Waals surface area contributed by atoms with Crippen molar-refractivity contribution in [3.05, 3.63) is 48.2 Å². The first-order valence-electron chi connectivity index (χ1n) is 8.48. The fourth-order valence-corrected chi connectivity index (χ4v) is 3.39. The molecular weight excluding hydrogens is 306 g/mol. The predicted octanol–water partition coefficient (Wildman–Crippen LogP) is 3.45. The van der Waals surface area contributed by atoms with E-state index < -0.39 is 5.60 Å². The summed E-state index contributed by atoms with van der Waals surface area (Å²) >= 11 is 0. The van der Waals surface area contributed by atoms with Crippen molar-refractivity contribution in [3.63, 3.8) is 0 Å². The Kier molecular flexibility index (Phi) is 3.81. The Morgan fingerprint density at radius 2 is 2.00 bits per heavy atom. The van der Waals surface area contributed by atoms with Crippen molar-refractivity contribution in [2.75, 3.05) is 13.1 Å². The molecule has 1 saturated carbocycles. The van der Waals surface area contributed by atoms with Gasteiger partial charge in [0.25, 0.3) is 11.9 Å². The molecule has 2 aromatic rings. The third-order valence-electron chi connectivity index (χ3n) is 4.98. The second-order valence-electron chi connectivity index (χ2n) is 6.73. The van der Waals surface area contributed by atoms with Crippen molar-refractivity contribution >= 4 is 5.91 Å². The van der Waals surface area contributed by atoms with Crippen LogP contribution in [0.15, 0.2) is 46.9 Å². The first kappa shape index (κ1) is 15.3. The molecule has 1 unspecified atom stereocenters. The van der Waals surface area contributed by atoms with E-state index in [4.69, 9.17) is 9.15 Å². The van der Waals surface area contributed by atoms with E-state index in [1.807, 2.05) is 30.3 Å². The van der Waals surface area contributed by atoms with Gasteiger partial charge in [-0.05, 0) is 43.9 Å². The first-order valence-corrected chi connectivity index (χ1v) is 8.48. The van der Waals surface area contributed by atoms with Crippen LogP contribution in [-0.2, 0) is 0 Å². The van der Waals surface area contributed by atoms with Crippen molar-refractivity contribution in [2.45, 2.75) is 31.3 Å². The maximum absolute atomic E-state index is 12.7. The number of hydrogen-bond acceptors (Lipinski definition) is 4. The molecule has 1 amide bonds. The number of para-hydroxylation sites is 1. The summed E-state index contributed by atoms with van der Waals surface area (Å²) in [7, 11) is 0. The monoisotopic (exact) mass is 327 g/mol. The molecule has 126 valence electrons. The Morgan fingerprint density at radius 3 is 2.75 bits per heavy atom. The van der Waals surface area contributed by atoms with Gasteiger partial charge in [-0.25, -0.2) is 0 Å². The highest BCUT2D eigenvalue weighted by molar-refractivity contribution is 5.91.